The van der Waals surface area contributed by atoms with Crippen LogP contribution in [0.15, 0.2) is 54.6 Å². The average molecular weight is 407 g/mol. The Balaban J connectivity index is 1.23. The molecule has 0 radical (unpaired) electrons. The van der Waals surface area contributed by atoms with Crippen LogP contribution in [-0.4, -0.2) is 18.2 Å². The van der Waals surface area contributed by atoms with Crippen molar-refractivity contribution in [3.05, 3.63) is 71.3 Å². The molecule has 2 aromatic carbocycles. The summed E-state index contributed by atoms with van der Waals surface area (Å²) in [5.41, 5.74) is 8.54. The highest BCUT2D eigenvalue weighted by molar-refractivity contribution is 6.09. The lowest BCUT2D eigenvalue weighted by molar-refractivity contribution is -0.121. The fraction of sp³-hybridized carbons (Fsp3) is 0.462. The van der Waals surface area contributed by atoms with E-state index < -0.39 is 5.41 Å². The van der Waals surface area contributed by atoms with Gasteiger partial charge in [-0.3, -0.25) is 10.2 Å². The van der Waals surface area contributed by atoms with Crippen LogP contribution in [0.1, 0.15) is 61.6 Å². The summed E-state index contributed by atoms with van der Waals surface area (Å²) in [6, 6.07) is 18.7. The predicted octanol–water partition coefficient (Wildman–Crippen LogP) is 5.22. The minimum atomic E-state index is -0.648. The summed E-state index contributed by atoms with van der Waals surface area (Å²) in [7, 11) is 0. The van der Waals surface area contributed by atoms with Gasteiger partial charge in [0.25, 0.3) is 0 Å². The molecule has 0 aromatic heterocycles. The van der Waals surface area contributed by atoms with Gasteiger partial charge in [0, 0.05) is 13.0 Å². The van der Waals surface area contributed by atoms with Crippen molar-refractivity contribution in [3.63, 3.8) is 0 Å². The number of nitrogens with two attached hydrogens (primary N) is 1. The Morgan fingerprint density at radius 1 is 0.867 bits per heavy atom. The first-order valence-corrected chi connectivity index (χ1v) is 11.2. The largest absolute Gasteiger partial charge is 0.387 e. The number of hydrogen-bond donors (Lipinski definition) is 2. The lowest BCUT2D eigenvalue weighted by Crippen LogP contribution is -2.32. The molecular formula is C26H34N2O2. The van der Waals surface area contributed by atoms with Gasteiger partial charge in [-0.1, -0.05) is 73.9 Å². The number of ketones is 1. The standard InChI is InChI=1S/C26H34N2O2/c27-25(28)26(16-17-26)24(29)19-22-14-12-21(13-15-22)9-5-2-1-3-8-18-30-20-23-10-6-4-7-11-23/h4,6-7,10-15H,1-3,5,8-9,16-20H2,(H3,27,28). The van der Waals surface area contributed by atoms with Crippen molar-refractivity contribution in [2.45, 2.75) is 64.4 Å². The Kier molecular flexibility index (Phi) is 8.21. The van der Waals surface area contributed by atoms with Crippen molar-refractivity contribution in [1.82, 2.24) is 0 Å². The molecule has 4 nitrogen and oxygen atoms in total. The number of carbonyl (C=O) groups is 1. The van der Waals surface area contributed by atoms with E-state index in [9.17, 15) is 4.79 Å². The highest BCUT2D eigenvalue weighted by Gasteiger charge is 2.52. The highest BCUT2D eigenvalue weighted by atomic mass is 16.5. The zero-order valence-electron chi connectivity index (χ0n) is 17.9. The van der Waals surface area contributed by atoms with Gasteiger partial charge in [-0.25, -0.2) is 0 Å². The third-order valence-corrected chi connectivity index (χ3v) is 6.05. The summed E-state index contributed by atoms with van der Waals surface area (Å²) < 4.78 is 5.73. The normalized spacial score (nSPS) is 14.4. The number of carbonyl (C=O) groups excluding carboxylic acids is 1. The summed E-state index contributed by atoms with van der Waals surface area (Å²) in [6.07, 6.45) is 8.94. The molecule has 3 N–H and O–H groups in total. The van der Waals surface area contributed by atoms with Gasteiger partial charge in [0.15, 0.2) is 5.78 Å². The first-order valence-electron chi connectivity index (χ1n) is 11.2. The van der Waals surface area contributed by atoms with Gasteiger partial charge in [-0.2, -0.15) is 0 Å². The van der Waals surface area contributed by atoms with Gasteiger partial charge in [0.2, 0.25) is 0 Å². The maximum absolute atomic E-state index is 12.4. The maximum Gasteiger partial charge on any atom is 0.150 e. The Morgan fingerprint density at radius 2 is 1.50 bits per heavy atom. The molecule has 30 heavy (non-hydrogen) atoms. The van der Waals surface area contributed by atoms with E-state index in [1.807, 2.05) is 30.3 Å². The SMILES string of the molecule is N=C(N)C1(C(=O)Cc2ccc(CCCCCCCOCc3ccccc3)cc2)CC1. The molecular weight excluding hydrogens is 372 g/mol. The number of rotatable bonds is 14. The van der Waals surface area contributed by atoms with E-state index in [1.54, 1.807) is 0 Å². The Bertz CT molecular complexity index is 811. The topological polar surface area (TPSA) is 76.2 Å². The van der Waals surface area contributed by atoms with Crippen LogP contribution in [0.5, 0.6) is 0 Å². The fourth-order valence-corrected chi connectivity index (χ4v) is 3.83. The first kappa shape index (κ1) is 22.2. The van der Waals surface area contributed by atoms with Crippen molar-refractivity contribution in [3.8, 4) is 0 Å². The lowest BCUT2D eigenvalue weighted by atomic mass is 9.93. The average Bonchev–Trinajstić information content (AvgIpc) is 3.57. The van der Waals surface area contributed by atoms with Crippen LogP contribution in [0.4, 0.5) is 0 Å². The molecule has 0 aliphatic heterocycles. The summed E-state index contributed by atoms with van der Waals surface area (Å²) >= 11 is 0. The number of aryl methyl sites for hydroxylation is 1. The third kappa shape index (κ3) is 6.53. The molecule has 1 saturated carbocycles. The molecule has 0 amide bonds. The Hall–Kier alpha value is -2.46. The van der Waals surface area contributed by atoms with Gasteiger partial charge in [-0.05, 0) is 48.8 Å². The van der Waals surface area contributed by atoms with E-state index in [-0.39, 0.29) is 11.6 Å². The molecule has 0 saturated heterocycles. The minimum absolute atomic E-state index is 0.0341. The Morgan fingerprint density at radius 3 is 2.17 bits per heavy atom. The zero-order valence-corrected chi connectivity index (χ0v) is 17.9. The molecule has 0 atom stereocenters. The van der Waals surface area contributed by atoms with Crippen LogP contribution >= 0.6 is 0 Å². The monoisotopic (exact) mass is 406 g/mol. The van der Waals surface area contributed by atoms with Gasteiger partial charge in [0.05, 0.1) is 12.0 Å². The second kappa shape index (κ2) is 11.1. The van der Waals surface area contributed by atoms with Crippen molar-refractivity contribution < 1.29 is 9.53 Å². The van der Waals surface area contributed by atoms with E-state index in [4.69, 9.17) is 15.9 Å². The fourth-order valence-electron chi connectivity index (χ4n) is 3.83. The smallest absolute Gasteiger partial charge is 0.150 e. The summed E-state index contributed by atoms with van der Waals surface area (Å²) in [6.45, 7) is 1.54. The molecule has 1 fully saturated rings. The van der Waals surface area contributed by atoms with Crippen molar-refractivity contribution in [2.24, 2.45) is 11.1 Å². The van der Waals surface area contributed by atoms with Crippen molar-refractivity contribution in [1.29, 1.82) is 5.41 Å². The second-order valence-electron chi connectivity index (χ2n) is 8.47. The Labute approximate surface area is 180 Å². The van der Waals surface area contributed by atoms with E-state index in [2.05, 4.69) is 24.3 Å². The molecule has 0 heterocycles. The molecule has 0 bridgehead atoms. The number of nitrogens with one attached hydrogen (secondary N) is 1. The zero-order chi connectivity index (χ0) is 21.2. The number of hydrogen-bond acceptors (Lipinski definition) is 3. The quantitative estimate of drug-likeness (QED) is 0.256. The molecule has 4 heteroatoms. The van der Waals surface area contributed by atoms with E-state index in [1.165, 1.54) is 36.8 Å². The number of Topliss-reactive ketones (excluding diaryl/α,β-unsaturated/α-hetero) is 1. The van der Waals surface area contributed by atoms with Crippen LogP contribution in [0.3, 0.4) is 0 Å². The van der Waals surface area contributed by atoms with Crippen molar-refractivity contribution >= 4 is 11.6 Å². The minimum Gasteiger partial charge on any atom is -0.387 e. The maximum atomic E-state index is 12.4. The van der Waals surface area contributed by atoms with Gasteiger partial charge >= 0.3 is 0 Å². The van der Waals surface area contributed by atoms with E-state index in [0.717, 1.165) is 37.9 Å². The van der Waals surface area contributed by atoms with Crippen molar-refractivity contribution in [2.75, 3.05) is 6.61 Å². The molecule has 0 spiro atoms. The molecule has 2 aromatic rings. The lowest BCUT2D eigenvalue weighted by Gasteiger charge is -2.12. The van der Waals surface area contributed by atoms with Gasteiger partial charge in [-0.15, -0.1) is 0 Å². The van der Waals surface area contributed by atoms with Crippen LogP contribution in [-0.2, 0) is 29.0 Å². The number of ether oxygens (including phenoxy) is 1. The van der Waals surface area contributed by atoms with Crippen LogP contribution in [0.25, 0.3) is 0 Å². The number of benzene rings is 2. The van der Waals surface area contributed by atoms with E-state index >= 15 is 0 Å². The first-order chi connectivity index (χ1) is 14.6. The van der Waals surface area contributed by atoms with Gasteiger partial charge in [0.1, 0.15) is 5.84 Å². The summed E-state index contributed by atoms with van der Waals surface area (Å²) in [5.74, 6) is 0.127. The highest BCUT2D eigenvalue weighted by Crippen LogP contribution is 2.47. The molecule has 1 aliphatic rings. The number of amidine groups is 1. The molecule has 3 rings (SSSR count). The van der Waals surface area contributed by atoms with Crippen LogP contribution < -0.4 is 5.73 Å². The predicted molar refractivity (Wildman–Crippen MR) is 122 cm³/mol. The van der Waals surface area contributed by atoms with Crippen LogP contribution in [0.2, 0.25) is 0 Å². The van der Waals surface area contributed by atoms with Gasteiger partial charge < -0.3 is 10.5 Å². The molecule has 160 valence electrons. The summed E-state index contributed by atoms with van der Waals surface area (Å²) in [5, 5.41) is 7.63. The molecule has 1 aliphatic carbocycles. The summed E-state index contributed by atoms with van der Waals surface area (Å²) in [4.78, 5) is 12.4. The van der Waals surface area contributed by atoms with E-state index in [0.29, 0.717) is 13.0 Å². The molecule has 0 unspecified atom stereocenters. The number of unbranched alkanes of at least 4 members (excludes halogenated alkanes) is 4. The second-order valence-corrected chi connectivity index (χ2v) is 8.47. The third-order valence-electron chi connectivity index (χ3n) is 6.05. The van der Waals surface area contributed by atoms with Crippen LogP contribution in [0, 0.1) is 10.8 Å².